The number of rotatable bonds is 5. The Labute approximate surface area is 191 Å². The second-order valence-electron chi connectivity index (χ2n) is 8.67. The quantitative estimate of drug-likeness (QED) is 0.536. The van der Waals surface area contributed by atoms with Crippen molar-refractivity contribution in [2.45, 2.75) is 64.5 Å². The summed E-state index contributed by atoms with van der Waals surface area (Å²) in [7, 11) is 0. The summed E-state index contributed by atoms with van der Waals surface area (Å²) < 4.78 is 7.05. The van der Waals surface area contributed by atoms with E-state index < -0.39 is 0 Å². The number of benzene rings is 1. The average molecular weight is 452 g/mol. The van der Waals surface area contributed by atoms with Crippen LogP contribution in [0.5, 0.6) is 5.75 Å². The number of fused-ring (bicyclic) bond motifs is 3. The van der Waals surface area contributed by atoms with Crippen LogP contribution in [0.1, 0.15) is 61.1 Å². The monoisotopic (exact) mass is 451 g/mol. The maximum atomic E-state index is 13.3. The molecule has 7 heteroatoms. The molecule has 1 amide bonds. The number of carbonyl (C=O) groups excluding carboxylic acids is 1. The first-order valence-electron chi connectivity index (χ1n) is 11.7. The fraction of sp³-hybridized carbons (Fsp3) is 0.480. The van der Waals surface area contributed by atoms with Crippen LogP contribution < -0.4 is 10.3 Å². The summed E-state index contributed by atoms with van der Waals surface area (Å²) in [5.41, 5.74) is 2.22. The highest BCUT2D eigenvalue weighted by Gasteiger charge is 2.30. The highest BCUT2D eigenvalue weighted by atomic mass is 32.1. The van der Waals surface area contributed by atoms with Crippen LogP contribution in [-0.4, -0.2) is 33.5 Å². The molecule has 2 aromatic heterocycles. The lowest BCUT2D eigenvalue weighted by molar-refractivity contribution is -0.132. The summed E-state index contributed by atoms with van der Waals surface area (Å²) >= 11 is 1.65. The van der Waals surface area contributed by atoms with Gasteiger partial charge in [-0.05, 0) is 68.7 Å². The third-order valence-corrected chi connectivity index (χ3v) is 7.85. The maximum absolute atomic E-state index is 13.3. The number of amides is 1. The molecule has 1 aromatic carbocycles. The zero-order valence-corrected chi connectivity index (χ0v) is 19.3. The van der Waals surface area contributed by atoms with E-state index in [4.69, 9.17) is 4.74 Å². The summed E-state index contributed by atoms with van der Waals surface area (Å²) in [6.07, 6.45) is 8.93. The van der Waals surface area contributed by atoms with Crippen LogP contribution in [0.3, 0.4) is 0 Å². The number of hydrogen-bond acceptors (Lipinski definition) is 5. The van der Waals surface area contributed by atoms with Gasteiger partial charge in [0.25, 0.3) is 5.56 Å². The van der Waals surface area contributed by atoms with Crippen molar-refractivity contribution in [3.8, 4) is 5.75 Å². The minimum absolute atomic E-state index is 0.0223. The number of likely N-dealkylation sites (tertiary alicyclic amines) is 1. The zero-order chi connectivity index (χ0) is 22.1. The second kappa shape index (κ2) is 9.06. The number of carbonyl (C=O) groups is 1. The third-order valence-electron chi connectivity index (χ3n) is 6.65. The van der Waals surface area contributed by atoms with Crippen molar-refractivity contribution in [3.63, 3.8) is 0 Å². The Morgan fingerprint density at radius 3 is 2.78 bits per heavy atom. The number of thiophene rings is 1. The van der Waals surface area contributed by atoms with E-state index in [0.29, 0.717) is 6.61 Å². The normalized spacial score (nSPS) is 18.5. The molecule has 1 saturated heterocycles. The van der Waals surface area contributed by atoms with E-state index in [-0.39, 0.29) is 24.1 Å². The highest BCUT2D eigenvalue weighted by Crippen LogP contribution is 2.34. The molecule has 168 valence electrons. The first kappa shape index (κ1) is 21.2. The number of ether oxygens (including phenoxy) is 1. The largest absolute Gasteiger partial charge is 0.494 e. The molecule has 1 aliphatic carbocycles. The summed E-state index contributed by atoms with van der Waals surface area (Å²) in [5.74, 6) is 0.818. The van der Waals surface area contributed by atoms with Crippen molar-refractivity contribution in [1.82, 2.24) is 14.5 Å². The highest BCUT2D eigenvalue weighted by molar-refractivity contribution is 7.18. The number of hydrogen-bond donors (Lipinski definition) is 0. The molecular weight excluding hydrogens is 422 g/mol. The van der Waals surface area contributed by atoms with Crippen molar-refractivity contribution in [2.24, 2.45) is 0 Å². The van der Waals surface area contributed by atoms with E-state index in [1.54, 1.807) is 17.7 Å². The van der Waals surface area contributed by atoms with Gasteiger partial charge in [-0.1, -0.05) is 18.6 Å². The molecule has 32 heavy (non-hydrogen) atoms. The molecule has 1 aliphatic heterocycles. The first-order valence-corrected chi connectivity index (χ1v) is 12.5. The second-order valence-corrected chi connectivity index (χ2v) is 9.75. The molecule has 3 aromatic rings. The Morgan fingerprint density at radius 2 is 1.97 bits per heavy atom. The van der Waals surface area contributed by atoms with Crippen molar-refractivity contribution >= 4 is 27.5 Å². The van der Waals surface area contributed by atoms with Crippen LogP contribution in [0, 0.1) is 0 Å². The Balaban J connectivity index is 1.38. The molecule has 0 spiro atoms. The van der Waals surface area contributed by atoms with Crippen molar-refractivity contribution < 1.29 is 9.53 Å². The van der Waals surface area contributed by atoms with Gasteiger partial charge in [-0.2, -0.15) is 0 Å². The van der Waals surface area contributed by atoms with E-state index in [2.05, 4.69) is 4.98 Å². The van der Waals surface area contributed by atoms with Crippen molar-refractivity contribution in [3.05, 3.63) is 57.0 Å². The van der Waals surface area contributed by atoms with E-state index in [0.717, 1.165) is 60.2 Å². The van der Waals surface area contributed by atoms with E-state index in [9.17, 15) is 9.59 Å². The van der Waals surface area contributed by atoms with Gasteiger partial charge >= 0.3 is 0 Å². The molecule has 3 heterocycles. The molecular formula is C25H29N3O3S. The van der Waals surface area contributed by atoms with Gasteiger partial charge in [0.1, 0.15) is 17.1 Å². The van der Waals surface area contributed by atoms with Gasteiger partial charge in [-0.3, -0.25) is 14.2 Å². The van der Waals surface area contributed by atoms with Gasteiger partial charge in [-0.25, -0.2) is 4.98 Å². The molecule has 1 unspecified atom stereocenters. The SMILES string of the molecule is CCOc1ccc(C2CCCN2C(=O)Cn2cnc3sc4c(c3c2=O)CCCCC4)cc1. The van der Waals surface area contributed by atoms with Crippen LogP contribution in [0.4, 0.5) is 0 Å². The fourth-order valence-electron chi connectivity index (χ4n) is 5.07. The van der Waals surface area contributed by atoms with E-state index in [1.165, 1.54) is 27.8 Å². The van der Waals surface area contributed by atoms with Gasteiger partial charge < -0.3 is 9.64 Å². The van der Waals surface area contributed by atoms with Crippen LogP contribution in [0.25, 0.3) is 10.2 Å². The van der Waals surface area contributed by atoms with E-state index in [1.807, 2.05) is 36.1 Å². The van der Waals surface area contributed by atoms with Crippen LogP contribution >= 0.6 is 11.3 Å². The van der Waals surface area contributed by atoms with Gasteiger partial charge in [0.15, 0.2) is 0 Å². The number of aryl methyl sites for hydroxylation is 2. The van der Waals surface area contributed by atoms with Crippen LogP contribution in [0.2, 0.25) is 0 Å². The summed E-state index contributed by atoms with van der Waals surface area (Å²) in [6, 6.07) is 8.06. The smallest absolute Gasteiger partial charge is 0.262 e. The Bertz CT molecular complexity index is 1180. The third kappa shape index (κ3) is 3.94. The predicted molar refractivity (Wildman–Crippen MR) is 126 cm³/mol. The number of aromatic nitrogens is 2. The predicted octanol–water partition coefficient (Wildman–Crippen LogP) is 4.49. The molecule has 0 bridgehead atoms. The average Bonchev–Trinajstić information content (AvgIpc) is 3.36. The van der Waals surface area contributed by atoms with Gasteiger partial charge in [-0.15, -0.1) is 11.3 Å². The van der Waals surface area contributed by atoms with Crippen molar-refractivity contribution in [1.29, 1.82) is 0 Å². The van der Waals surface area contributed by atoms with E-state index >= 15 is 0 Å². The molecule has 0 N–H and O–H groups in total. The molecule has 1 atom stereocenters. The lowest BCUT2D eigenvalue weighted by Crippen LogP contribution is -2.36. The van der Waals surface area contributed by atoms with Gasteiger partial charge in [0.05, 0.1) is 24.4 Å². The summed E-state index contributed by atoms with van der Waals surface area (Å²) in [6.45, 7) is 3.36. The topological polar surface area (TPSA) is 64.4 Å². The fourth-order valence-corrected chi connectivity index (χ4v) is 6.29. The summed E-state index contributed by atoms with van der Waals surface area (Å²) in [4.78, 5) is 35.2. The standard InChI is InChI=1S/C25H29N3O3S/c1-2-31-18-12-10-17(11-13-18)20-8-6-14-28(20)22(29)15-27-16-26-24-23(25(27)30)19-7-4-3-5-9-21(19)32-24/h10-13,16,20H,2-9,14-15H2,1H3. The van der Waals surface area contributed by atoms with Crippen molar-refractivity contribution in [2.75, 3.05) is 13.2 Å². The minimum Gasteiger partial charge on any atom is -0.494 e. The van der Waals surface area contributed by atoms with Crippen LogP contribution in [0.15, 0.2) is 35.4 Å². The first-order chi connectivity index (χ1) is 15.7. The molecule has 0 radical (unpaired) electrons. The molecule has 0 saturated carbocycles. The minimum atomic E-state index is -0.0698. The Kier molecular flexibility index (Phi) is 6.00. The lowest BCUT2D eigenvalue weighted by atomic mass is 10.0. The number of nitrogens with zero attached hydrogens (tertiary/aromatic N) is 3. The maximum Gasteiger partial charge on any atom is 0.262 e. The molecule has 6 nitrogen and oxygen atoms in total. The molecule has 1 fully saturated rings. The van der Waals surface area contributed by atoms with Crippen LogP contribution in [-0.2, 0) is 24.2 Å². The lowest BCUT2D eigenvalue weighted by Gasteiger charge is -2.25. The molecule has 5 rings (SSSR count). The Hall–Kier alpha value is -2.67. The Morgan fingerprint density at radius 1 is 1.16 bits per heavy atom. The van der Waals surface area contributed by atoms with Gasteiger partial charge in [0, 0.05) is 11.4 Å². The zero-order valence-electron chi connectivity index (χ0n) is 18.5. The summed E-state index contributed by atoms with van der Waals surface area (Å²) in [5, 5.41) is 0.742. The molecule has 2 aliphatic rings. The van der Waals surface area contributed by atoms with Gasteiger partial charge in [0.2, 0.25) is 5.91 Å².